The molecule has 0 bridgehead atoms. The van der Waals surface area contributed by atoms with Crippen LogP contribution in [-0.2, 0) is 20.9 Å². The molecule has 0 radical (unpaired) electrons. The van der Waals surface area contributed by atoms with Gasteiger partial charge in [-0.25, -0.2) is 0 Å². The molecule has 25 heavy (non-hydrogen) atoms. The van der Waals surface area contributed by atoms with Crippen molar-refractivity contribution in [1.82, 2.24) is 19.6 Å². The van der Waals surface area contributed by atoms with Gasteiger partial charge in [0.15, 0.2) is 0 Å². The van der Waals surface area contributed by atoms with Crippen molar-refractivity contribution in [2.24, 2.45) is 0 Å². The number of amides is 2. The van der Waals surface area contributed by atoms with E-state index < -0.39 is 0 Å². The number of nitrogens with zero attached hydrogens (tertiary/aromatic N) is 4. The molecule has 2 fully saturated rings. The first-order valence-electron chi connectivity index (χ1n) is 9.11. The monoisotopic (exact) mass is 348 g/mol. The van der Waals surface area contributed by atoms with Crippen LogP contribution in [0.3, 0.4) is 0 Å². The first-order valence-corrected chi connectivity index (χ1v) is 9.11. The zero-order chi connectivity index (χ0) is 18.0. The lowest BCUT2D eigenvalue weighted by Crippen LogP contribution is -2.49. The Morgan fingerprint density at radius 1 is 1.24 bits per heavy atom. The van der Waals surface area contributed by atoms with Crippen molar-refractivity contribution in [1.29, 1.82) is 0 Å². The van der Waals surface area contributed by atoms with Crippen molar-refractivity contribution in [2.45, 2.75) is 58.7 Å². The lowest BCUT2D eigenvalue weighted by molar-refractivity contribution is -0.137. The van der Waals surface area contributed by atoms with Crippen LogP contribution in [0.4, 0.5) is 0 Å². The second-order valence-electron chi connectivity index (χ2n) is 7.14. The Morgan fingerprint density at radius 3 is 2.56 bits per heavy atom. The quantitative estimate of drug-likeness (QED) is 0.818. The predicted molar refractivity (Wildman–Crippen MR) is 93.0 cm³/mol. The summed E-state index contributed by atoms with van der Waals surface area (Å²) in [6, 6.07) is 2.33. The summed E-state index contributed by atoms with van der Waals surface area (Å²) in [6.07, 6.45) is 2.62. The fourth-order valence-corrected chi connectivity index (χ4v) is 4.03. The third-order valence-corrected chi connectivity index (χ3v) is 5.25. The summed E-state index contributed by atoms with van der Waals surface area (Å²) < 4.78 is 7.18. The molecule has 1 aromatic heterocycles. The molecule has 138 valence electrons. The van der Waals surface area contributed by atoms with Crippen molar-refractivity contribution in [3.8, 4) is 0 Å². The number of hydrogen-bond acceptors (Lipinski definition) is 4. The van der Waals surface area contributed by atoms with Crippen molar-refractivity contribution in [3.05, 3.63) is 17.5 Å². The number of carbonyl (C=O) groups excluding carboxylic acids is 2. The molecule has 7 nitrogen and oxygen atoms in total. The number of aryl methyl sites for hydroxylation is 2. The molecule has 3 rings (SSSR count). The zero-order valence-electron chi connectivity index (χ0n) is 15.4. The molecule has 0 spiro atoms. The number of aromatic nitrogens is 2. The molecule has 2 aliphatic heterocycles. The molecular formula is C18H28N4O3. The van der Waals surface area contributed by atoms with Gasteiger partial charge in [0.05, 0.1) is 11.7 Å². The van der Waals surface area contributed by atoms with E-state index in [2.05, 4.69) is 5.10 Å². The minimum Gasteiger partial charge on any atom is -0.381 e. The Kier molecular flexibility index (Phi) is 5.42. The van der Waals surface area contributed by atoms with Crippen LogP contribution in [0.1, 0.15) is 37.6 Å². The van der Waals surface area contributed by atoms with Gasteiger partial charge >= 0.3 is 0 Å². The maximum Gasteiger partial charge on any atom is 0.244 e. The van der Waals surface area contributed by atoms with E-state index in [1.54, 1.807) is 11.6 Å². The molecular weight excluding hydrogens is 320 g/mol. The lowest BCUT2D eigenvalue weighted by Gasteiger charge is -2.37. The normalized spacial score (nSPS) is 21.6. The average molecular weight is 348 g/mol. The molecule has 2 saturated heterocycles. The van der Waals surface area contributed by atoms with E-state index in [1.165, 1.54) is 0 Å². The van der Waals surface area contributed by atoms with Gasteiger partial charge in [-0.15, -0.1) is 0 Å². The molecule has 3 heterocycles. The summed E-state index contributed by atoms with van der Waals surface area (Å²) >= 11 is 0. The van der Waals surface area contributed by atoms with E-state index in [4.69, 9.17) is 4.74 Å². The number of ether oxygens (including phenoxy) is 1. The van der Waals surface area contributed by atoms with Gasteiger partial charge in [-0.1, -0.05) is 0 Å². The highest BCUT2D eigenvalue weighted by Crippen LogP contribution is 2.23. The number of hydrogen-bond donors (Lipinski definition) is 0. The van der Waals surface area contributed by atoms with E-state index in [1.807, 2.05) is 29.7 Å². The second-order valence-corrected chi connectivity index (χ2v) is 7.14. The summed E-state index contributed by atoms with van der Waals surface area (Å²) in [4.78, 5) is 28.7. The smallest absolute Gasteiger partial charge is 0.244 e. The van der Waals surface area contributed by atoms with E-state index >= 15 is 0 Å². The minimum absolute atomic E-state index is 0.0733. The van der Waals surface area contributed by atoms with Crippen molar-refractivity contribution >= 4 is 11.8 Å². The summed E-state index contributed by atoms with van der Waals surface area (Å²) in [5.74, 6) is 0.175. The zero-order valence-corrected chi connectivity index (χ0v) is 15.4. The van der Waals surface area contributed by atoms with Crippen LogP contribution < -0.4 is 0 Å². The summed E-state index contributed by atoms with van der Waals surface area (Å²) in [5.41, 5.74) is 1.92. The van der Waals surface area contributed by atoms with Gasteiger partial charge in [-0.2, -0.15) is 5.10 Å². The van der Waals surface area contributed by atoms with Crippen LogP contribution in [0.2, 0.25) is 0 Å². The Morgan fingerprint density at radius 2 is 1.96 bits per heavy atom. The van der Waals surface area contributed by atoms with Gasteiger partial charge < -0.3 is 14.5 Å². The first-order chi connectivity index (χ1) is 12.0. The fraction of sp³-hybridized carbons (Fsp3) is 0.722. The molecule has 2 amide bonds. The molecule has 0 N–H and O–H groups in total. The number of carbonyl (C=O) groups is 2. The van der Waals surface area contributed by atoms with Crippen LogP contribution in [-0.4, -0.2) is 69.8 Å². The molecule has 1 unspecified atom stereocenters. The van der Waals surface area contributed by atoms with Gasteiger partial charge in [-0.3, -0.25) is 14.3 Å². The Labute approximate surface area is 148 Å². The van der Waals surface area contributed by atoms with Gasteiger partial charge in [0.25, 0.3) is 0 Å². The highest BCUT2D eigenvalue weighted by atomic mass is 16.5. The van der Waals surface area contributed by atoms with Crippen molar-refractivity contribution in [3.63, 3.8) is 0 Å². The van der Waals surface area contributed by atoms with Crippen LogP contribution in [0, 0.1) is 13.8 Å². The molecule has 1 aromatic rings. The Balaban J connectivity index is 1.62. The SMILES string of the molecule is CC(=O)N(C1CCOCC1)C1CCN(C(=O)Cn2nc(C)cc2C)C1. The second kappa shape index (κ2) is 7.56. The van der Waals surface area contributed by atoms with E-state index in [-0.39, 0.29) is 30.4 Å². The fourth-order valence-electron chi connectivity index (χ4n) is 4.03. The molecule has 0 aromatic carbocycles. The molecule has 0 aliphatic carbocycles. The Hall–Kier alpha value is -1.89. The van der Waals surface area contributed by atoms with Crippen LogP contribution >= 0.6 is 0 Å². The maximum atomic E-state index is 12.6. The molecule has 1 atom stereocenters. The van der Waals surface area contributed by atoms with Crippen LogP contribution in [0.5, 0.6) is 0 Å². The van der Waals surface area contributed by atoms with Gasteiger partial charge in [0.2, 0.25) is 11.8 Å². The minimum atomic E-state index is 0.0733. The van der Waals surface area contributed by atoms with Crippen molar-refractivity contribution in [2.75, 3.05) is 26.3 Å². The Bertz CT molecular complexity index is 636. The highest BCUT2D eigenvalue weighted by Gasteiger charge is 2.36. The summed E-state index contributed by atoms with van der Waals surface area (Å²) in [5, 5.41) is 4.37. The van der Waals surface area contributed by atoms with Gasteiger partial charge in [0, 0.05) is 45.0 Å². The predicted octanol–water partition coefficient (Wildman–Crippen LogP) is 1.13. The third kappa shape index (κ3) is 4.03. The number of rotatable bonds is 4. The number of likely N-dealkylation sites (tertiary alicyclic amines) is 1. The third-order valence-electron chi connectivity index (χ3n) is 5.25. The topological polar surface area (TPSA) is 67.7 Å². The van der Waals surface area contributed by atoms with Crippen molar-refractivity contribution < 1.29 is 14.3 Å². The van der Waals surface area contributed by atoms with E-state index in [0.717, 1.165) is 30.7 Å². The summed E-state index contributed by atoms with van der Waals surface area (Å²) in [7, 11) is 0. The molecule has 0 saturated carbocycles. The average Bonchev–Trinajstić information content (AvgIpc) is 3.15. The van der Waals surface area contributed by atoms with Gasteiger partial charge in [-0.05, 0) is 39.2 Å². The van der Waals surface area contributed by atoms with E-state index in [9.17, 15) is 9.59 Å². The standard InChI is InChI=1S/C18H28N4O3/c1-13-10-14(2)21(19-13)12-18(24)20-7-4-17(11-20)22(15(3)23)16-5-8-25-9-6-16/h10,16-17H,4-9,11-12H2,1-3H3. The maximum absolute atomic E-state index is 12.6. The lowest BCUT2D eigenvalue weighted by atomic mass is 10.0. The van der Waals surface area contributed by atoms with Crippen LogP contribution in [0.25, 0.3) is 0 Å². The van der Waals surface area contributed by atoms with Crippen LogP contribution in [0.15, 0.2) is 6.07 Å². The largest absolute Gasteiger partial charge is 0.381 e. The van der Waals surface area contributed by atoms with Gasteiger partial charge in [0.1, 0.15) is 6.54 Å². The molecule has 2 aliphatic rings. The van der Waals surface area contributed by atoms with E-state index in [0.29, 0.717) is 26.3 Å². The first kappa shape index (κ1) is 17.9. The summed E-state index contributed by atoms with van der Waals surface area (Å²) in [6.45, 7) is 8.54. The molecule has 7 heteroatoms. The highest BCUT2D eigenvalue weighted by molar-refractivity contribution is 5.77.